The van der Waals surface area contributed by atoms with Crippen molar-refractivity contribution in [2.75, 3.05) is 6.61 Å². The Morgan fingerprint density at radius 1 is 1.50 bits per heavy atom. The average Bonchev–Trinajstić information content (AvgIpc) is 2.61. The van der Waals surface area contributed by atoms with Crippen LogP contribution in [0.1, 0.15) is 33.6 Å². The molecule has 3 atom stereocenters. The Morgan fingerprint density at radius 2 is 2.12 bits per heavy atom. The molecule has 3 aliphatic carbocycles. The van der Waals surface area contributed by atoms with Crippen LogP contribution >= 0.6 is 29.0 Å². The second-order valence-electron chi connectivity index (χ2n) is 5.67. The quantitative estimate of drug-likeness (QED) is 0.416. The molecule has 16 heavy (non-hydrogen) atoms. The van der Waals surface area contributed by atoms with E-state index in [4.69, 9.17) is 4.18 Å². The standard InChI is InChI=1S/C11H16INOPS/c1-9(2)10(3)4-5-11(9,7-13)8(10)6-14-16(12)15/h8H,4-6H2,1-3H3/q-1/t8-,10-,11?/m1/s1. The van der Waals surface area contributed by atoms with Crippen LogP contribution in [0.2, 0.25) is 0 Å². The van der Waals surface area contributed by atoms with Crippen molar-refractivity contribution in [2.45, 2.75) is 33.6 Å². The van der Waals surface area contributed by atoms with Gasteiger partial charge in [0.25, 0.3) is 0 Å². The normalized spacial score (nSPS) is 44.1. The van der Waals surface area contributed by atoms with Crippen LogP contribution in [-0.4, -0.2) is 6.61 Å². The zero-order chi connectivity index (χ0) is 12.2. The molecule has 0 aromatic rings. The van der Waals surface area contributed by atoms with Gasteiger partial charge in [-0.15, -0.1) is 0 Å². The summed E-state index contributed by atoms with van der Waals surface area (Å²) in [5, 5.41) is 9.52. The van der Waals surface area contributed by atoms with Crippen LogP contribution in [0, 0.1) is 33.5 Å². The van der Waals surface area contributed by atoms with Crippen molar-refractivity contribution in [3.63, 3.8) is 0 Å². The summed E-state index contributed by atoms with van der Waals surface area (Å²) in [6.45, 7) is 7.48. The van der Waals surface area contributed by atoms with Gasteiger partial charge in [0.2, 0.25) is 0 Å². The Balaban J connectivity index is 2.25. The molecule has 0 saturated heterocycles. The van der Waals surface area contributed by atoms with Gasteiger partial charge in [0.1, 0.15) is 0 Å². The second kappa shape index (κ2) is 3.98. The van der Waals surface area contributed by atoms with Crippen molar-refractivity contribution < 1.29 is 4.18 Å². The third-order valence-electron chi connectivity index (χ3n) is 5.48. The predicted molar refractivity (Wildman–Crippen MR) is 76.9 cm³/mol. The second-order valence-corrected chi connectivity index (χ2v) is 11.8. The van der Waals surface area contributed by atoms with E-state index in [0.717, 1.165) is 12.8 Å². The Kier molecular flexibility index (Phi) is 3.33. The molecule has 3 fully saturated rings. The molecule has 0 aromatic heterocycles. The SMILES string of the molecule is CC1(C)C2(C#N)CC[C@]1(C)[C@H]2CO[S-](#P)I. The van der Waals surface area contributed by atoms with Gasteiger partial charge in [0, 0.05) is 0 Å². The Morgan fingerprint density at radius 3 is 2.56 bits per heavy atom. The fourth-order valence-electron chi connectivity index (χ4n) is 4.00. The fourth-order valence-corrected chi connectivity index (χ4v) is 4.87. The number of hydrogen-bond acceptors (Lipinski definition) is 3. The van der Waals surface area contributed by atoms with Gasteiger partial charge in [-0.25, -0.2) is 0 Å². The molecule has 3 aliphatic rings. The number of rotatable bonds is 2. The first-order chi connectivity index (χ1) is 7.32. The molecule has 1 unspecified atom stereocenters. The third kappa shape index (κ3) is 1.38. The Bertz CT molecular complexity index is 437. The van der Waals surface area contributed by atoms with Gasteiger partial charge < -0.3 is 0 Å². The van der Waals surface area contributed by atoms with Gasteiger partial charge >= 0.3 is 114 Å². The number of nitriles is 1. The van der Waals surface area contributed by atoms with Crippen molar-refractivity contribution in [1.29, 1.82) is 5.26 Å². The van der Waals surface area contributed by atoms with Crippen LogP contribution < -0.4 is 0 Å². The van der Waals surface area contributed by atoms with Gasteiger partial charge in [0.05, 0.1) is 0 Å². The molecular weight excluding hydrogens is 352 g/mol. The summed E-state index contributed by atoms with van der Waals surface area (Å²) in [7, 11) is 3.94. The maximum absolute atomic E-state index is 9.52. The summed E-state index contributed by atoms with van der Waals surface area (Å²) in [6.07, 6.45) is 2.19. The van der Waals surface area contributed by atoms with E-state index in [1.807, 2.05) is 0 Å². The van der Waals surface area contributed by atoms with Crippen LogP contribution in [0.4, 0.5) is 0 Å². The first-order valence-electron chi connectivity index (χ1n) is 5.46. The summed E-state index contributed by atoms with van der Waals surface area (Å²) >= 11 is 2.17. The van der Waals surface area contributed by atoms with E-state index < -0.39 is 0 Å². The van der Waals surface area contributed by atoms with Crippen LogP contribution in [0.5, 0.6) is 0 Å². The topological polar surface area (TPSA) is 33.0 Å². The molecule has 0 heterocycles. The zero-order valence-corrected chi connectivity index (χ0v) is 13.7. The van der Waals surface area contributed by atoms with Crippen molar-refractivity contribution in [2.24, 2.45) is 22.2 Å². The first-order valence-corrected chi connectivity index (χ1v) is 10.2. The zero-order valence-electron chi connectivity index (χ0n) is 9.79. The van der Waals surface area contributed by atoms with E-state index in [1.54, 1.807) is 0 Å². The van der Waals surface area contributed by atoms with Gasteiger partial charge in [0.15, 0.2) is 0 Å². The molecule has 0 radical (unpaired) electrons. The summed E-state index contributed by atoms with van der Waals surface area (Å²) in [4.78, 5) is 0. The number of fused-ring (bicyclic) bond motifs is 1. The van der Waals surface area contributed by atoms with Gasteiger partial charge in [-0.3, -0.25) is 0 Å². The van der Waals surface area contributed by atoms with Crippen LogP contribution in [0.15, 0.2) is 0 Å². The Hall–Kier alpha value is 0.960. The summed E-state index contributed by atoms with van der Waals surface area (Å²) in [6, 6.07) is 2.59. The molecule has 3 saturated carbocycles. The van der Waals surface area contributed by atoms with Crippen molar-refractivity contribution in [3.8, 4) is 6.07 Å². The Labute approximate surface area is 114 Å². The van der Waals surface area contributed by atoms with E-state index in [-0.39, 0.29) is 23.6 Å². The molecule has 2 nitrogen and oxygen atoms in total. The van der Waals surface area contributed by atoms with E-state index in [2.05, 4.69) is 55.9 Å². The van der Waals surface area contributed by atoms with Crippen LogP contribution in [0.25, 0.3) is 0 Å². The van der Waals surface area contributed by atoms with E-state index in [0.29, 0.717) is 12.5 Å². The van der Waals surface area contributed by atoms with Gasteiger partial charge in [-0.1, -0.05) is 0 Å². The summed E-state index contributed by atoms with van der Waals surface area (Å²) < 4.78 is 5.64. The van der Waals surface area contributed by atoms with E-state index >= 15 is 0 Å². The van der Waals surface area contributed by atoms with Crippen molar-refractivity contribution in [3.05, 3.63) is 0 Å². The summed E-state index contributed by atoms with van der Waals surface area (Å²) in [5.41, 5.74) is 0.237. The molecule has 3 rings (SSSR count). The molecule has 5 heteroatoms. The molecule has 0 N–H and O–H groups in total. The molecule has 0 spiro atoms. The number of nitrogens with zero attached hydrogens (tertiary/aromatic N) is 1. The molecular formula is C11H16INOPS-. The average molecular weight is 368 g/mol. The predicted octanol–water partition coefficient (Wildman–Crippen LogP) is 4.18. The molecule has 0 aliphatic heterocycles. The number of hydrogen-bond donors (Lipinski definition) is 0. The molecule has 2 bridgehead atoms. The van der Waals surface area contributed by atoms with Gasteiger partial charge in [-0.05, 0) is 0 Å². The maximum atomic E-state index is 9.52. The van der Waals surface area contributed by atoms with Crippen molar-refractivity contribution in [1.82, 2.24) is 0 Å². The third-order valence-corrected chi connectivity index (χ3v) is 6.89. The summed E-state index contributed by atoms with van der Waals surface area (Å²) in [5.74, 6) is 0.386. The van der Waals surface area contributed by atoms with Gasteiger partial charge in [-0.2, -0.15) is 0 Å². The van der Waals surface area contributed by atoms with Crippen LogP contribution in [0.3, 0.4) is 0 Å². The first kappa shape index (κ1) is 13.4. The minimum atomic E-state index is -0.314. The fraction of sp³-hybridized carbons (Fsp3) is 0.909. The molecule has 0 aromatic carbocycles. The molecule has 90 valence electrons. The minimum absolute atomic E-state index is 0.128. The van der Waals surface area contributed by atoms with Crippen molar-refractivity contribution >= 4 is 36.3 Å². The van der Waals surface area contributed by atoms with Crippen LogP contribution in [-0.2, 0) is 11.5 Å². The van der Waals surface area contributed by atoms with E-state index in [9.17, 15) is 5.26 Å². The monoisotopic (exact) mass is 368 g/mol. The number of halogens is 1. The van der Waals surface area contributed by atoms with E-state index in [1.165, 1.54) is 0 Å². The molecule has 0 amide bonds.